The van der Waals surface area contributed by atoms with E-state index < -0.39 is 0 Å². The van der Waals surface area contributed by atoms with Gasteiger partial charge in [-0.1, -0.05) is 218 Å². The molecule has 14 aromatic rings. The molecular formula is C72H46N2S. The SMILES string of the molecule is c1ccc(-c2ccccc2N(c2ccc3c(c2)-c2ccccc2N(c2ccccc2)c2ccccc2-3)c2ccc3c(c2)c2ccccc2c2ccccc2c2ccccc2c2c3ccc3c4ccccc4sc32)cc1. The number of thiophene rings is 1. The number of nitrogens with zero attached hydrogens (tertiary/aromatic N) is 2. The average molecular weight is 971 g/mol. The van der Waals surface area contributed by atoms with Gasteiger partial charge in [-0.15, -0.1) is 11.3 Å². The topological polar surface area (TPSA) is 6.48 Å². The molecule has 1 aromatic heterocycles. The van der Waals surface area contributed by atoms with Crippen molar-refractivity contribution < 1.29 is 0 Å². The lowest BCUT2D eigenvalue weighted by atomic mass is 9.92. The fourth-order valence-corrected chi connectivity index (χ4v) is 13.4. The molecule has 0 atom stereocenters. The summed E-state index contributed by atoms with van der Waals surface area (Å²) in [6.07, 6.45) is 0. The highest BCUT2D eigenvalue weighted by Crippen LogP contribution is 2.53. The van der Waals surface area contributed by atoms with Crippen LogP contribution in [0.4, 0.5) is 34.1 Å². The van der Waals surface area contributed by atoms with Gasteiger partial charge in [0.2, 0.25) is 0 Å². The molecule has 0 bridgehead atoms. The fourth-order valence-electron chi connectivity index (χ4n) is 12.1. The van der Waals surface area contributed by atoms with E-state index in [0.29, 0.717) is 0 Å². The minimum atomic E-state index is 1.07. The average Bonchev–Trinajstić information content (AvgIpc) is 3.86. The molecule has 0 radical (unpaired) electrons. The maximum atomic E-state index is 2.50. The van der Waals surface area contributed by atoms with Crippen LogP contribution in [0.1, 0.15) is 0 Å². The van der Waals surface area contributed by atoms with E-state index in [9.17, 15) is 0 Å². The summed E-state index contributed by atoms with van der Waals surface area (Å²) in [4.78, 5) is 4.92. The molecule has 0 aliphatic carbocycles. The van der Waals surface area contributed by atoms with Crippen LogP contribution in [-0.4, -0.2) is 0 Å². The molecule has 13 aromatic carbocycles. The van der Waals surface area contributed by atoms with E-state index >= 15 is 0 Å². The molecule has 2 nitrogen and oxygen atoms in total. The summed E-state index contributed by atoms with van der Waals surface area (Å²) in [6, 6.07) is 103. The standard InChI is InChI=1S/C72H46N2S/c1-3-21-47(22-4-1)51-25-13-17-35-67(51)73(50-39-41-57-59-31-14-18-36-68(59)74(48-23-5-2-6-24-48)69-37-19-15-32-60(69)66(57)46-50)49-40-42-58-63-43-44-64-61-33-16-20-38-70(61)75-72(64)71(63)62-34-12-11-29-55(62)53-27-8-7-26-52(53)54-28-9-10-30-56(54)65(58)45-49/h1-46H. The quantitative estimate of drug-likeness (QED) is 0.170. The third kappa shape index (κ3) is 6.93. The van der Waals surface area contributed by atoms with Crippen LogP contribution in [0, 0.1) is 0 Å². The van der Waals surface area contributed by atoms with Crippen molar-refractivity contribution in [1.82, 2.24) is 0 Å². The van der Waals surface area contributed by atoms with Crippen LogP contribution in [0.2, 0.25) is 0 Å². The number of hydrogen-bond acceptors (Lipinski definition) is 3. The molecule has 0 fully saturated rings. The Bertz CT molecular complexity index is 4670. The van der Waals surface area contributed by atoms with Crippen LogP contribution >= 0.6 is 11.3 Å². The summed E-state index contributed by atoms with van der Waals surface area (Å²) in [5.41, 5.74) is 13.7. The highest BCUT2D eigenvalue weighted by molar-refractivity contribution is 7.26. The molecule has 15 rings (SSSR count). The van der Waals surface area contributed by atoms with Gasteiger partial charge in [-0.3, -0.25) is 0 Å². The Morgan fingerprint density at radius 3 is 1.43 bits per heavy atom. The Labute approximate surface area is 439 Å². The number of rotatable bonds is 5. The molecule has 0 spiro atoms. The van der Waals surface area contributed by atoms with Gasteiger partial charge in [0.25, 0.3) is 0 Å². The van der Waals surface area contributed by atoms with Crippen molar-refractivity contribution >= 4 is 119 Å². The van der Waals surface area contributed by atoms with Crippen LogP contribution in [0.15, 0.2) is 279 Å². The lowest BCUT2D eigenvalue weighted by Gasteiger charge is -2.29. The lowest BCUT2D eigenvalue weighted by Crippen LogP contribution is -2.11. The monoisotopic (exact) mass is 970 g/mol. The van der Waals surface area contributed by atoms with E-state index in [1.165, 1.54) is 96.3 Å². The van der Waals surface area contributed by atoms with Crippen molar-refractivity contribution in [3.05, 3.63) is 279 Å². The summed E-state index contributed by atoms with van der Waals surface area (Å²) < 4.78 is 2.60. The summed E-state index contributed by atoms with van der Waals surface area (Å²) in [5.74, 6) is 0. The normalized spacial score (nSPS) is 12.0. The van der Waals surface area contributed by atoms with Crippen molar-refractivity contribution in [2.75, 3.05) is 9.80 Å². The summed E-state index contributed by atoms with van der Waals surface area (Å²) >= 11 is 1.90. The molecule has 0 unspecified atom stereocenters. The number of benzene rings is 12. The number of para-hydroxylation sites is 4. The second-order valence-electron chi connectivity index (χ2n) is 19.5. The Morgan fingerprint density at radius 1 is 0.280 bits per heavy atom. The first kappa shape index (κ1) is 43.1. The lowest BCUT2D eigenvalue weighted by molar-refractivity contribution is 1.29. The van der Waals surface area contributed by atoms with Gasteiger partial charge in [0.1, 0.15) is 0 Å². The Kier molecular flexibility index (Phi) is 10.1. The molecule has 1 aliphatic rings. The molecule has 350 valence electrons. The van der Waals surface area contributed by atoms with Crippen molar-refractivity contribution in [2.45, 2.75) is 0 Å². The van der Waals surface area contributed by atoms with E-state index in [-0.39, 0.29) is 0 Å². The summed E-state index contributed by atoms with van der Waals surface area (Å²) in [5, 5.41) is 14.7. The van der Waals surface area contributed by atoms with Crippen LogP contribution in [0.5, 0.6) is 0 Å². The number of fused-ring (bicyclic) bond motifs is 19. The second kappa shape index (κ2) is 17.6. The van der Waals surface area contributed by atoms with Crippen molar-refractivity contribution in [3.63, 3.8) is 0 Å². The van der Waals surface area contributed by atoms with Crippen LogP contribution < -0.4 is 9.80 Å². The Morgan fingerprint density at radius 2 is 0.733 bits per heavy atom. The summed E-state index contributed by atoms with van der Waals surface area (Å²) in [6.45, 7) is 0. The zero-order chi connectivity index (χ0) is 49.4. The van der Waals surface area contributed by atoms with Gasteiger partial charge in [0.05, 0.1) is 17.1 Å². The largest absolute Gasteiger partial charge is 0.310 e. The van der Waals surface area contributed by atoms with Crippen molar-refractivity contribution in [1.29, 1.82) is 0 Å². The van der Waals surface area contributed by atoms with Gasteiger partial charge in [-0.05, 0) is 126 Å². The maximum absolute atomic E-state index is 2.50. The van der Waals surface area contributed by atoms with E-state index in [1.807, 2.05) is 11.3 Å². The minimum Gasteiger partial charge on any atom is -0.310 e. The van der Waals surface area contributed by atoms with E-state index in [2.05, 4.69) is 289 Å². The predicted molar refractivity (Wildman–Crippen MR) is 324 cm³/mol. The maximum Gasteiger partial charge on any atom is 0.0540 e. The molecule has 0 saturated heterocycles. The smallest absolute Gasteiger partial charge is 0.0540 e. The Balaban J connectivity index is 1.08. The van der Waals surface area contributed by atoms with Crippen LogP contribution in [0.25, 0.3) is 107 Å². The zero-order valence-electron chi connectivity index (χ0n) is 40.9. The van der Waals surface area contributed by atoms with Gasteiger partial charge >= 0.3 is 0 Å². The van der Waals surface area contributed by atoms with Gasteiger partial charge in [0, 0.05) is 59.3 Å². The van der Waals surface area contributed by atoms with Gasteiger partial charge in [-0.25, -0.2) is 0 Å². The van der Waals surface area contributed by atoms with E-state index in [4.69, 9.17) is 0 Å². The first-order chi connectivity index (χ1) is 37.2. The van der Waals surface area contributed by atoms with Crippen LogP contribution in [-0.2, 0) is 0 Å². The number of hydrogen-bond donors (Lipinski definition) is 0. The third-order valence-corrected chi connectivity index (χ3v) is 16.6. The Hall–Kier alpha value is -9.54. The predicted octanol–water partition coefficient (Wildman–Crippen LogP) is 21.2. The van der Waals surface area contributed by atoms with Gasteiger partial charge < -0.3 is 9.80 Å². The molecular weight excluding hydrogens is 925 g/mol. The molecule has 1 aliphatic heterocycles. The molecule has 0 saturated carbocycles. The van der Waals surface area contributed by atoms with Gasteiger partial charge in [0.15, 0.2) is 0 Å². The van der Waals surface area contributed by atoms with E-state index in [1.54, 1.807) is 0 Å². The highest BCUT2D eigenvalue weighted by Gasteiger charge is 2.28. The third-order valence-electron chi connectivity index (χ3n) is 15.4. The van der Waals surface area contributed by atoms with Crippen molar-refractivity contribution in [3.8, 4) is 33.4 Å². The molecule has 75 heavy (non-hydrogen) atoms. The first-order valence-electron chi connectivity index (χ1n) is 25.7. The molecule has 3 heteroatoms. The van der Waals surface area contributed by atoms with Crippen LogP contribution in [0.3, 0.4) is 0 Å². The highest BCUT2D eigenvalue weighted by atomic mass is 32.1. The van der Waals surface area contributed by atoms with E-state index in [0.717, 1.165) is 45.3 Å². The zero-order valence-corrected chi connectivity index (χ0v) is 41.7. The molecule has 0 N–H and O–H groups in total. The molecule has 0 amide bonds. The second-order valence-corrected chi connectivity index (χ2v) is 20.5. The van der Waals surface area contributed by atoms with Gasteiger partial charge in [-0.2, -0.15) is 0 Å². The minimum absolute atomic E-state index is 1.07. The first-order valence-corrected chi connectivity index (χ1v) is 26.6. The molecule has 2 heterocycles. The number of anilines is 6. The summed E-state index contributed by atoms with van der Waals surface area (Å²) in [7, 11) is 0. The fraction of sp³-hybridized carbons (Fsp3) is 0. The van der Waals surface area contributed by atoms with Crippen molar-refractivity contribution in [2.24, 2.45) is 0 Å².